The fraction of sp³-hybridized carbons (Fsp3) is 0.278. The Morgan fingerprint density at radius 3 is 2.61 bits per heavy atom. The summed E-state index contributed by atoms with van der Waals surface area (Å²) in [5.41, 5.74) is 3.03. The minimum atomic E-state index is 0.509. The maximum Gasteiger partial charge on any atom is 0.175 e. The summed E-state index contributed by atoms with van der Waals surface area (Å²) in [5.74, 6) is 0.692. The van der Waals surface area contributed by atoms with Gasteiger partial charge in [0.2, 0.25) is 0 Å². The number of para-hydroxylation sites is 1. The molecule has 0 unspecified atom stereocenters. The van der Waals surface area contributed by atoms with Gasteiger partial charge >= 0.3 is 0 Å². The van der Waals surface area contributed by atoms with E-state index in [0.717, 1.165) is 30.6 Å². The zero-order valence-corrected chi connectivity index (χ0v) is 14.9. The van der Waals surface area contributed by atoms with Crippen LogP contribution in [0.5, 0.6) is 5.75 Å². The Labute approximate surface area is 148 Å². The minimum Gasteiger partial charge on any atom is -0.495 e. The standard InChI is InChI=1S/C18H21ClN2OS/c1-3-4-7-13-8-5-6-9-15(13)20-18(23)21-16-12-14(19)10-11-17(16)22-2/h5-6,8-12H,3-4,7H2,1-2H3,(H2,20,21,23). The highest BCUT2D eigenvalue weighted by Crippen LogP contribution is 2.28. The second-order valence-electron chi connectivity index (χ2n) is 5.18. The van der Waals surface area contributed by atoms with E-state index >= 15 is 0 Å². The van der Waals surface area contributed by atoms with Gasteiger partial charge in [0.15, 0.2) is 5.11 Å². The lowest BCUT2D eigenvalue weighted by Gasteiger charge is -2.16. The van der Waals surface area contributed by atoms with Gasteiger partial charge in [0.1, 0.15) is 5.75 Å². The van der Waals surface area contributed by atoms with Crippen molar-refractivity contribution in [3.05, 3.63) is 53.1 Å². The van der Waals surface area contributed by atoms with Crippen LogP contribution in [-0.4, -0.2) is 12.2 Å². The highest BCUT2D eigenvalue weighted by Gasteiger charge is 2.08. The molecule has 2 rings (SSSR count). The average molecular weight is 349 g/mol. The van der Waals surface area contributed by atoms with Crippen molar-refractivity contribution in [3.8, 4) is 5.75 Å². The molecule has 0 aromatic heterocycles. The molecule has 3 nitrogen and oxygen atoms in total. The Hall–Kier alpha value is -1.78. The molecule has 2 aromatic carbocycles. The maximum atomic E-state index is 6.04. The Kier molecular flexibility index (Phi) is 6.68. The molecule has 0 aliphatic rings. The number of hydrogen-bond acceptors (Lipinski definition) is 2. The first-order valence-corrected chi connectivity index (χ1v) is 8.42. The van der Waals surface area contributed by atoms with Crippen molar-refractivity contribution in [2.45, 2.75) is 26.2 Å². The number of ether oxygens (including phenoxy) is 1. The first-order chi connectivity index (χ1) is 11.1. The van der Waals surface area contributed by atoms with Crippen LogP contribution in [0.2, 0.25) is 5.02 Å². The molecule has 2 N–H and O–H groups in total. The Balaban J connectivity index is 2.10. The number of benzene rings is 2. The summed E-state index contributed by atoms with van der Waals surface area (Å²) in [7, 11) is 1.62. The molecule has 5 heteroatoms. The van der Waals surface area contributed by atoms with Crippen LogP contribution in [0.15, 0.2) is 42.5 Å². The van der Waals surface area contributed by atoms with Crippen molar-refractivity contribution in [2.75, 3.05) is 17.7 Å². The Bertz CT molecular complexity index is 676. The molecule has 0 heterocycles. The van der Waals surface area contributed by atoms with Gasteiger partial charge in [-0.05, 0) is 54.9 Å². The molecule has 0 fully saturated rings. The van der Waals surface area contributed by atoms with E-state index < -0.39 is 0 Å². The summed E-state index contributed by atoms with van der Waals surface area (Å²) in [6.07, 6.45) is 3.35. The van der Waals surface area contributed by atoms with Gasteiger partial charge in [0.05, 0.1) is 12.8 Å². The van der Waals surface area contributed by atoms with Gasteiger partial charge in [-0.2, -0.15) is 0 Å². The van der Waals surface area contributed by atoms with Gasteiger partial charge in [-0.1, -0.05) is 43.1 Å². The smallest absolute Gasteiger partial charge is 0.175 e. The lowest BCUT2D eigenvalue weighted by Crippen LogP contribution is -2.20. The van der Waals surface area contributed by atoms with Gasteiger partial charge in [-0.25, -0.2) is 0 Å². The summed E-state index contributed by atoms with van der Waals surface area (Å²) in [6, 6.07) is 13.6. The van der Waals surface area contributed by atoms with Gasteiger partial charge in [0.25, 0.3) is 0 Å². The highest BCUT2D eigenvalue weighted by atomic mass is 35.5. The summed E-state index contributed by atoms with van der Waals surface area (Å²) in [4.78, 5) is 0. The summed E-state index contributed by atoms with van der Waals surface area (Å²) in [5, 5.41) is 7.54. The molecular weight excluding hydrogens is 328 g/mol. The van der Waals surface area contributed by atoms with E-state index in [-0.39, 0.29) is 0 Å². The third-order valence-electron chi connectivity index (χ3n) is 3.47. The second kappa shape index (κ2) is 8.75. The highest BCUT2D eigenvalue weighted by molar-refractivity contribution is 7.80. The normalized spacial score (nSPS) is 10.2. The SMILES string of the molecule is CCCCc1ccccc1NC(=S)Nc1cc(Cl)ccc1OC. The molecule has 0 saturated carbocycles. The van der Waals surface area contributed by atoms with Crippen LogP contribution in [0.1, 0.15) is 25.3 Å². The number of methoxy groups -OCH3 is 1. The molecule has 0 aliphatic carbocycles. The van der Waals surface area contributed by atoms with Crippen LogP contribution in [0.3, 0.4) is 0 Å². The second-order valence-corrected chi connectivity index (χ2v) is 6.03. The van der Waals surface area contributed by atoms with E-state index in [2.05, 4.69) is 23.6 Å². The van der Waals surface area contributed by atoms with E-state index in [4.69, 9.17) is 28.6 Å². The topological polar surface area (TPSA) is 33.3 Å². The van der Waals surface area contributed by atoms with E-state index in [9.17, 15) is 0 Å². The van der Waals surface area contributed by atoms with E-state index in [1.165, 1.54) is 5.56 Å². The summed E-state index contributed by atoms with van der Waals surface area (Å²) < 4.78 is 5.32. The van der Waals surface area contributed by atoms with Gasteiger partial charge in [-0.15, -0.1) is 0 Å². The zero-order chi connectivity index (χ0) is 16.7. The number of thiocarbonyl (C=S) groups is 1. The van der Waals surface area contributed by atoms with Crippen molar-refractivity contribution in [3.63, 3.8) is 0 Å². The lowest BCUT2D eigenvalue weighted by atomic mass is 10.1. The van der Waals surface area contributed by atoms with Crippen molar-refractivity contribution >= 4 is 40.3 Å². The predicted molar refractivity (Wildman–Crippen MR) is 103 cm³/mol. The van der Waals surface area contributed by atoms with E-state index in [1.54, 1.807) is 19.2 Å². The molecule has 0 amide bonds. The fourth-order valence-corrected chi connectivity index (χ4v) is 2.67. The third kappa shape index (κ3) is 5.12. The molecule has 0 saturated heterocycles. The van der Waals surface area contributed by atoms with Crippen LogP contribution in [0.4, 0.5) is 11.4 Å². The molecule has 0 spiro atoms. The quantitative estimate of drug-likeness (QED) is 0.675. The van der Waals surface area contributed by atoms with Crippen molar-refractivity contribution < 1.29 is 4.74 Å². The Morgan fingerprint density at radius 1 is 1.13 bits per heavy atom. The van der Waals surface area contributed by atoms with Crippen LogP contribution in [0, 0.1) is 0 Å². The number of unbranched alkanes of at least 4 members (excludes halogenated alkanes) is 1. The van der Waals surface area contributed by atoms with Crippen LogP contribution in [0.25, 0.3) is 0 Å². The maximum absolute atomic E-state index is 6.04. The largest absolute Gasteiger partial charge is 0.495 e. The lowest BCUT2D eigenvalue weighted by molar-refractivity contribution is 0.417. The number of hydrogen-bond donors (Lipinski definition) is 2. The number of halogens is 1. The number of nitrogens with one attached hydrogen (secondary N) is 2. The minimum absolute atomic E-state index is 0.509. The van der Waals surface area contributed by atoms with E-state index in [1.807, 2.05) is 24.3 Å². The molecule has 0 radical (unpaired) electrons. The van der Waals surface area contributed by atoms with Gasteiger partial charge < -0.3 is 15.4 Å². The van der Waals surface area contributed by atoms with Crippen LogP contribution in [-0.2, 0) is 6.42 Å². The summed E-state index contributed by atoms with van der Waals surface area (Å²) in [6.45, 7) is 2.19. The molecular formula is C18H21ClN2OS. The van der Waals surface area contributed by atoms with Crippen molar-refractivity contribution in [2.24, 2.45) is 0 Å². The van der Waals surface area contributed by atoms with Crippen molar-refractivity contribution in [1.29, 1.82) is 0 Å². The molecule has 23 heavy (non-hydrogen) atoms. The molecule has 0 aliphatic heterocycles. The fourth-order valence-electron chi connectivity index (χ4n) is 2.28. The van der Waals surface area contributed by atoms with Crippen LogP contribution < -0.4 is 15.4 Å². The summed E-state index contributed by atoms with van der Waals surface area (Å²) >= 11 is 11.5. The first kappa shape index (κ1) is 17.6. The average Bonchev–Trinajstić information content (AvgIpc) is 2.54. The number of anilines is 2. The Morgan fingerprint density at radius 2 is 1.87 bits per heavy atom. The third-order valence-corrected chi connectivity index (χ3v) is 3.91. The van der Waals surface area contributed by atoms with E-state index in [0.29, 0.717) is 15.9 Å². The molecule has 122 valence electrons. The van der Waals surface area contributed by atoms with Crippen molar-refractivity contribution in [1.82, 2.24) is 0 Å². The van der Waals surface area contributed by atoms with Gasteiger partial charge in [-0.3, -0.25) is 0 Å². The number of aryl methyl sites for hydroxylation is 1. The van der Waals surface area contributed by atoms with Crippen LogP contribution >= 0.6 is 23.8 Å². The number of rotatable bonds is 6. The first-order valence-electron chi connectivity index (χ1n) is 7.63. The molecule has 2 aromatic rings. The zero-order valence-electron chi connectivity index (χ0n) is 13.4. The molecule has 0 atom stereocenters. The van der Waals surface area contributed by atoms with Gasteiger partial charge in [0, 0.05) is 10.7 Å². The monoisotopic (exact) mass is 348 g/mol. The molecule has 0 bridgehead atoms. The predicted octanol–water partition coefficient (Wildman–Crippen LogP) is 5.50.